The SMILES string of the molecule is CC1CCC(C(C)C)C(OC(=O)C2CCN(c3cnccn3)CC2)C1. The average molecular weight is 345 g/mol. The largest absolute Gasteiger partial charge is 0.462 e. The molecule has 1 aromatic heterocycles. The number of esters is 1. The zero-order valence-corrected chi connectivity index (χ0v) is 15.7. The third kappa shape index (κ3) is 4.50. The third-order valence-electron chi connectivity index (χ3n) is 5.93. The van der Waals surface area contributed by atoms with Crippen molar-refractivity contribution >= 4 is 11.8 Å². The van der Waals surface area contributed by atoms with Crippen LogP contribution in [-0.2, 0) is 9.53 Å². The van der Waals surface area contributed by atoms with E-state index in [9.17, 15) is 4.79 Å². The highest BCUT2D eigenvalue weighted by Gasteiger charge is 2.35. The summed E-state index contributed by atoms with van der Waals surface area (Å²) in [5.74, 6) is 2.69. The normalized spacial score (nSPS) is 28.2. The van der Waals surface area contributed by atoms with Crippen LogP contribution in [0.25, 0.3) is 0 Å². The Bertz CT molecular complexity index is 555. The monoisotopic (exact) mass is 345 g/mol. The van der Waals surface area contributed by atoms with Crippen LogP contribution in [0.15, 0.2) is 18.6 Å². The number of carbonyl (C=O) groups excluding carboxylic acids is 1. The molecule has 1 saturated carbocycles. The molecule has 1 aliphatic carbocycles. The predicted molar refractivity (Wildman–Crippen MR) is 98.2 cm³/mol. The third-order valence-corrected chi connectivity index (χ3v) is 5.93. The molecule has 2 heterocycles. The van der Waals surface area contributed by atoms with Crippen molar-refractivity contribution in [1.29, 1.82) is 0 Å². The van der Waals surface area contributed by atoms with E-state index in [2.05, 4.69) is 35.6 Å². The van der Waals surface area contributed by atoms with Gasteiger partial charge in [-0.15, -0.1) is 0 Å². The molecule has 2 aliphatic rings. The van der Waals surface area contributed by atoms with E-state index in [4.69, 9.17) is 4.74 Å². The molecule has 0 spiro atoms. The Morgan fingerprint density at radius 3 is 2.60 bits per heavy atom. The van der Waals surface area contributed by atoms with Gasteiger partial charge in [-0.1, -0.05) is 27.2 Å². The molecule has 3 rings (SSSR count). The first-order chi connectivity index (χ1) is 12.0. The first kappa shape index (κ1) is 18.2. The van der Waals surface area contributed by atoms with E-state index in [1.807, 2.05) is 0 Å². The number of carbonyl (C=O) groups is 1. The van der Waals surface area contributed by atoms with Crippen LogP contribution < -0.4 is 4.90 Å². The van der Waals surface area contributed by atoms with E-state index >= 15 is 0 Å². The van der Waals surface area contributed by atoms with Crippen LogP contribution in [0.3, 0.4) is 0 Å². The van der Waals surface area contributed by atoms with E-state index in [0.717, 1.165) is 38.2 Å². The van der Waals surface area contributed by atoms with Gasteiger partial charge in [0.2, 0.25) is 0 Å². The summed E-state index contributed by atoms with van der Waals surface area (Å²) in [6.45, 7) is 8.46. The maximum absolute atomic E-state index is 12.7. The summed E-state index contributed by atoms with van der Waals surface area (Å²) in [7, 11) is 0. The summed E-state index contributed by atoms with van der Waals surface area (Å²) in [6, 6.07) is 0. The van der Waals surface area contributed by atoms with E-state index in [-0.39, 0.29) is 18.0 Å². The van der Waals surface area contributed by atoms with Gasteiger partial charge in [0.05, 0.1) is 12.1 Å². The molecule has 0 radical (unpaired) electrons. The Hall–Kier alpha value is -1.65. The summed E-state index contributed by atoms with van der Waals surface area (Å²) in [4.78, 5) is 23.4. The molecule has 138 valence electrons. The highest BCUT2D eigenvalue weighted by atomic mass is 16.5. The van der Waals surface area contributed by atoms with Crippen molar-refractivity contribution in [2.75, 3.05) is 18.0 Å². The number of hydrogen-bond donors (Lipinski definition) is 0. The van der Waals surface area contributed by atoms with Gasteiger partial charge in [0.15, 0.2) is 0 Å². The van der Waals surface area contributed by atoms with Gasteiger partial charge in [-0.25, -0.2) is 4.98 Å². The van der Waals surface area contributed by atoms with Gasteiger partial charge >= 0.3 is 5.97 Å². The van der Waals surface area contributed by atoms with Crippen molar-refractivity contribution in [3.63, 3.8) is 0 Å². The van der Waals surface area contributed by atoms with Crippen LogP contribution in [0.4, 0.5) is 5.82 Å². The van der Waals surface area contributed by atoms with Crippen molar-refractivity contribution in [3.05, 3.63) is 18.6 Å². The topological polar surface area (TPSA) is 55.3 Å². The highest BCUT2D eigenvalue weighted by Crippen LogP contribution is 2.36. The van der Waals surface area contributed by atoms with Crippen molar-refractivity contribution in [1.82, 2.24) is 9.97 Å². The molecule has 0 bridgehead atoms. The Labute approximate surface area is 151 Å². The summed E-state index contributed by atoms with van der Waals surface area (Å²) >= 11 is 0. The predicted octanol–water partition coefficient (Wildman–Crippen LogP) is 3.70. The molecule has 1 aliphatic heterocycles. The molecule has 5 heteroatoms. The second kappa shape index (κ2) is 8.15. The number of nitrogens with zero attached hydrogens (tertiary/aromatic N) is 3. The van der Waals surface area contributed by atoms with Crippen molar-refractivity contribution in [3.8, 4) is 0 Å². The highest BCUT2D eigenvalue weighted by molar-refractivity contribution is 5.73. The molecule has 0 N–H and O–H groups in total. The fourth-order valence-electron chi connectivity index (χ4n) is 4.29. The number of ether oxygens (including phenoxy) is 1. The van der Waals surface area contributed by atoms with E-state index in [1.165, 1.54) is 12.8 Å². The van der Waals surface area contributed by atoms with Crippen molar-refractivity contribution in [2.24, 2.45) is 23.7 Å². The second-order valence-corrected chi connectivity index (χ2v) is 8.13. The Balaban J connectivity index is 1.53. The molecule has 0 aromatic carbocycles. The first-order valence-corrected chi connectivity index (χ1v) is 9.76. The smallest absolute Gasteiger partial charge is 0.309 e. The fraction of sp³-hybridized carbons (Fsp3) is 0.750. The Morgan fingerprint density at radius 1 is 1.20 bits per heavy atom. The number of anilines is 1. The van der Waals surface area contributed by atoms with Gasteiger partial charge in [0, 0.05) is 25.5 Å². The number of piperidine rings is 1. The molecule has 0 amide bonds. The van der Waals surface area contributed by atoms with Gasteiger partial charge in [0.1, 0.15) is 11.9 Å². The summed E-state index contributed by atoms with van der Waals surface area (Å²) in [6.07, 6.45) is 10.4. The lowest BCUT2D eigenvalue weighted by Crippen LogP contribution is -2.41. The minimum Gasteiger partial charge on any atom is -0.462 e. The molecule has 3 unspecified atom stereocenters. The first-order valence-electron chi connectivity index (χ1n) is 9.76. The van der Waals surface area contributed by atoms with E-state index in [1.54, 1.807) is 18.6 Å². The maximum atomic E-state index is 12.7. The van der Waals surface area contributed by atoms with Gasteiger partial charge in [-0.3, -0.25) is 9.78 Å². The molecular formula is C20H31N3O2. The van der Waals surface area contributed by atoms with Crippen LogP contribution in [-0.4, -0.2) is 35.1 Å². The average Bonchev–Trinajstić information content (AvgIpc) is 2.62. The van der Waals surface area contributed by atoms with Crippen LogP contribution in [0.1, 0.15) is 52.9 Å². The second-order valence-electron chi connectivity index (χ2n) is 8.13. The van der Waals surface area contributed by atoms with Gasteiger partial charge in [-0.2, -0.15) is 0 Å². The summed E-state index contributed by atoms with van der Waals surface area (Å²) < 4.78 is 6.03. The van der Waals surface area contributed by atoms with E-state index in [0.29, 0.717) is 17.8 Å². The maximum Gasteiger partial charge on any atom is 0.309 e. The van der Waals surface area contributed by atoms with Gasteiger partial charge in [-0.05, 0) is 43.4 Å². The molecular weight excluding hydrogens is 314 g/mol. The summed E-state index contributed by atoms with van der Waals surface area (Å²) in [5, 5.41) is 0. The van der Waals surface area contributed by atoms with Crippen molar-refractivity contribution < 1.29 is 9.53 Å². The van der Waals surface area contributed by atoms with Crippen molar-refractivity contribution in [2.45, 2.75) is 59.0 Å². The Morgan fingerprint density at radius 2 is 1.96 bits per heavy atom. The van der Waals surface area contributed by atoms with Gasteiger partial charge < -0.3 is 9.64 Å². The van der Waals surface area contributed by atoms with Crippen LogP contribution >= 0.6 is 0 Å². The number of aromatic nitrogens is 2. The lowest BCUT2D eigenvalue weighted by atomic mass is 9.75. The minimum atomic E-state index is 0.0172. The Kier molecular flexibility index (Phi) is 5.92. The zero-order valence-electron chi connectivity index (χ0n) is 15.7. The van der Waals surface area contributed by atoms with Gasteiger partial charge in [0.25, 0.3) is 0 Å². The quantitative estimate of drug-likeness (QED) is 0.779. The number of rotatable bonds is 4. The molecule has 1 saturated heterocycles. The lowest BCUT2D eigenvalue weighted by molar-refractivity contribution is -0.161. The number of hydrogen-bond acceptors (Lipinski definition) is 5. The molecule has 2 fully saturated rings. The molecule has 25 heavy (non-hydrogen) atoms. The molecule has 1 aromatic rings. The molecule has 3 atom stereocenters. The van der Waals surface area contributed by atoms with E-state index < -0.39 is 0 Å². The zero-order chi connectivity index (χ0) is 17.8. The fourth-order valence-corrected chi connectivity index (χ4v) is 4.29. The van der Waals surface area contributed by atoms with Crippen LogP contribution in [0.2, 0.25) is 0 Å². The standard InChI is InChI=1S/C20H31N3O2/c1-14(2)17-5-4-15(3)12-18(17)25-20(24)16-6-10-23(11-7-16)19-13-21-8-9-22-19/h8-9,13-18H,4-7,10-12H2,1-3H3. The van der Waals surface area contributed by atoms with Crippen LogP contribution in [0.5, 0.6) is 0 Å². The minimum absolute atomic E-state index is 0.0172. The summed E-state index contributed by atoms with van der Waals surface area (Å²) in [5.41, 5.74) is 0. The molecule has 5 nitrogen and oxygen atoms in total. The van der Waals surface area contributed by atoms with Crippen LogP contribution in [0, 0.1) is 23.7 Å². The lowest BCUT2D eigenvalue weighted by Gasteiger charge is -2.38.